The fourth-order valence-corrected chi connectivity index (χ4v) is 2.94. The van der Waals surface area contributed by atoms with E-state index < -0.39 is 0 Å². The van der Waals surface area contributed by atoms with E-state index in [0.29, 0.717) is 50.4 Å². The van der Waals surface area contributed by atoms with Crippen molar-refractivity contribution in [1.82, 2.24) is 10.2 Å². The summed E-state index contributed by atoms with van der Waals surface area (Å²) in [4.78, 5) is 17.6. The van der Waals surface area contributed by atoms with Gasteiger partial charge in [0.15, 0.2) is 0 Å². The zero-order valence-electron chi connectivity index (χ0n) is 15.9. The van der Waals surface area contributed by atoms with Gasteiger partial charge in [0.05, 0.1) is 12.4 Å². The molecule has 0 aromatic heterocycles. The number of hydrogen-bond acceptors (Lipinski definition) is 4. The molecule has 0 saturated carbocycles. The number of rotatable bonds is 5. The topological polar surface area (TPSA) is 106 Å². The Bertz CT molecular complexity index is 768. The second-order valence-corrected chi connectivity index (χ2v) is 6.84. The Balaban J connectivity index is 1.90. The largest absolute Gasteiger partial charge is 0.493 e. The van der Waals surface area contributed by atoms with Gasteiger partial charge in [0.2, 0.25) is 5.11 Å². The van der Waals surface area contributed by atoms with E-state index in [2.05, 4.69) is 10.3 Å². The summed E-state index contributed by atoms with van der Waals surface area (Å²) >= 11 is 4.95. The van der Waals surface area contributed by atoms with Crippen LogP contribution in [0.15, 0.2) is 28.8 Å². The molecule has 1 aliphatic heterocycles. The van der Waals surface area contributed by atoms with E-state index >= 15 is 0 Å². The zero-order valence-corrected chi connectivity index (χ0v) is 16.7. The van der Waals surface area contributed by atoms with Crippen LogP contribution in [0, 0.1) is 5.82 Å². The summed E-state index contributed by atoms with van der Waals surface area (Å²) in [7, 11) is 0. The third-order valence-electron chi connectivity index (χ3n) is 4.13. The Morgan fingerprint density at radius 3 is 2.75 bits per heavy atom. The zero-order chi connectivity index (χ0) is 20.5. The van der Waals surface area contributed by atoms with Crippen LogP contribution in [0.1, 0.15) is 31.7 Å². The molecule has 0 radical (unpaired) electrons. The minimum atomic E-state index is -0.335. The van der Waals surface area contributed by atoms with Gasteiger partial charge in [0.1, 0.15) is 11.6 Å². The van der Waals surface area contributed by atoms with E-state index in [1.54, 1.807) is 24.0 Å². The minimum absolute atomic E-state index is 0.0437. The Morgan fingerprint density at radius 2 is 2.14 bits per heavy atom. The second-order valence-electron chi connectivity index (χ2n) is 6.45. The van der Waals surface area contributed by atoms with Crippen molar-refractivity contribution < 1.29 is 13.9 Å². The van der Waals surface area contributed by atoms with Crippen LogP contribution in [0.25, 0.3) is 6.08 Å². The second kappa shape index (κ2) is 10.7. The lowest BCUT2D eigenvalue weighted by molar-refractivity contribution is 0.199. The summed E-state index contributed by atoms with van der Waals surface area (Å²) in [6.45, 7) is 3.64. The van der Waals surface area contributed by atoms with Crippen LogP contribution in [0.4, 0.5) is 9.18 Å². The normalized spacial score (nSPS) is 14.6. The van der Waals surface area contributed by atoms with E-state index in [9.17, 15) is 9.18 Å². The van der Waals surface area contributed by atoms with E-state index in [1.165, 1.54) is 6.07 Å². The first-order chi connectivity index (χ1) is 13.4. The monoisotopic (exact) mass is 407 g/mol. The number of carbonyl (C=O) groups excluding carboxylic acids is 1. The average Bonchev–Trinajstić information content (AvgIpc) is 2.64. The van der Waals surface area contributed by atoms with Gasteiger partial charge in [-0.2, -0.15) is 0 Å². The van der Waals surface area contributed by atoms with Crippen molar-refractivity contribution in [3.05, 3.63) is 35.2 Å². The Hall–Kier alpha value is -2.52. The molecule has 0 spiro atoms. The standard InChI is InChI=1S/C19H26FN5O2S/c1-13(22)23-18(28)24-19(26)25-8-5-14(6-9-25)11-15-3-4-16(12-17(15)20)27-10-2-7-21/h3-4,11-12H,2,5-10,21H2,1H3,(H3,22,23,24,26,28). The van der Waals surface area contributed by atoms with Crippen LogP contribution in [-0.2, 0) is 0 Å². The van der Waals surface area contributed by atoms with Crippen LogP contribution in [0.5, 0.6) is 5.75 Å². The van der Waals surface area contributed by atoms with Crippen LogP contribution < -0.4 is 21.5 Å². The summed E-state index contributed by atoms with van der Waals surface area (Å²) in [5.41, 5.74) is 12.4. The number of amides is 2. The number of thiocarbonyl (C=S) groups is 1. The highest BCUT2D eigenvalue weighted by atomic mass is 32.1. The fraction of sp³-hybridized carbons (Fsp3) is 0.421. The molecule has 0 aliphatic carbocycles. The number of nitrogens with zero attached hydrogens (tertiary/aromatic N) is 2. The van der Waals surface area contributed by atoms with Gasteiger partial charge in [0.25, 0.3) is 0 Å². The van der Waals surface area contributed by atoms with Gasteiger partial charge in [-0.05, 0) is 57.1 Å². The molecule has 1 heterocycles. The van der Waals surface area contributed by atoms with Gasteiger partial charge < -0.3 is 21.1 Å². The molecule has 1 aromatic rings. The Morgan fingerprint density at radius 1 is 1.43 bits per heavy atom. The summed E-state index contributed by atoms with van der Waals surface area (Å²) in [5.74, 6) is 0.441. The summed E-state index contributed by atoms with van der Waals surface area (Å²) in [6, 6.07) is 4.52. The van der Waals surface area contributed by atoms with Crippen LogP contribution in [0.2, 0.25) is 0 Å². The van der Waals surface area contributed by atoms with Crippen molar-refractivity contribution in [2.45, 2.75) is 26.2 Å². The van der Waals surface area contributed by atoms with Crippen LogP contribution in [-0.4, -0.2) is 48.1 Å². The Labute approximate surface area is 169 Å². The number of aliphatic imine (C=N–C) groups is 1. The van der Waals surface area contributed by atoms with Gasteiger partial charge in [-0.15, -0.1) is 0 Å². The molecule has 1 fully saturated rings. The minimum Gasteiger partial charge on any atom is -0.493 e. The number of amidine groups is 1. The molecule has 152 valence electrons. The highest BCUT2D eigenvalue weighted by Gasteiger charge is 2.20. The van der Waals surface area contributed by atoms with E-state index in [1.807, 2.05) is 6.08 Å². The molecule has 0 unspecified atom stereocenters. The molecule has 0 atom stereocenters. The number of carbonyl (C=O) groups is 1. The van der Waals surface area contributed by atoms with Gasteiger partial charge in [-0.25, -0.2) is 14.2 Å². The average molecular weight is 408 g/mol. The SMILES string of the molecule is C/C(N)=N/C(=S)NC(=O)N1CCC(=Cc2ccc(OCCCN)cc2F)CC1. The number of halogens is 1. The molecular weight excluding hydrogens is 381 g/mol. The molecule has 5 N–H and O–H groups in total. The maximum absolute atomic E-state index is 14.3. The Kier molecular flexibility index (Phi) is 8.34. The smallest absolute Gasteiger partial charge is 0.323 e. The number of likely N-dealkylation sites (tertiary alicyclic amines) is 1. The summed E-state index contributed by atoms with van der Waals surface area (Å²) in [5, 5.41) is 2.58. The molecule has 1 saturated heterocycles. The molecule has 2 amide bonds. The van der Waals surface area contributed by atoms with Crippen molar-refractivity contribution in [3.63, 3.8) is 0 Å². The van der Waals surface area contributed by atoms with Crippen molar-refractivity contribution in [3.8, 4) is 5.75 Å². The maximum Gasteiger partial charge on any atom is 0.323 e. The number of hydrogen-bond donors (Lipinski definition) is 3. The summed E-state index contributed by atoms with van der Waals surface area (Å²) in [6.07, 6.45) is 3.88. The highest BCUT2D eigenvalue weighted by Crippen LogP contribution is 2.23. The van der Waals surface area contributed by atoms with Crippen molar-refractivity contribution in [2.75, 3.05) is 26.2 Å². The van der Waals surface area contributed by atoms with Gasteiger partial charge >= 0.3 is 6.03 Å². The lowest BCUT2D eigenvalue weighted by Crippen LogP contribution is -2.44. The molecule has 1 aliphatic rings. The highest BCUT2D eigenvalue weighted by molar-refractivity contribution is 7.80. The van der Waals surface area contributed by atoms with Crippen molar-refractivity contribution >= 4 is 35.3 Å². The van der Waals surface area contributed by atoms with E-state index in [4.69, 9.17) is 28.4 Å². The van der Waals surface area contributed by atoms with Crippen molar-refractivity contribution in [1.29, 1.82) is 0 Å². The first kappa shape index (κ1) is 21.8. The lowest BCUT2D eigenvalue weighted by Gasteiger charge is -2.28. The third kappa shape index (κ3) is 6.90. The summed E-state index contributed by atoms with van der Waals surface area (Å²) < 4.78 is 19.8. The molecule has 9 heteroatoms. The van der Waals surface area contributed by atoms with Gasteiger partial charge in [-0.3, -0.25) is 5.32 Å². The number of piperidine rings is 1. The van der Waals surface area contributed by atoms with Crippen LogP contribution in [0.3, 0.4) is 0 Å². The van der Waals surface area contributed by atoms with Crippen LogP contribution >= 0.6 is 12.2 Å². The van der Waals surface area contributed by atoms with Crippen molar-refractivity contribution in [2.24, 2.45) is 16.5 Å². The number of benzene rings is 1. The quantitative estimate of drug-likeness (QED) is 0.301. The maximum atomic E-state index is 14.3. The first-order valence-corrected chi connectivity index (χ1v) is 9.52. The number of urea groups is 1. The number of ether oxygens (including phenoxy) is 1. The molecule has 1 aromatic carbocycles. The molecule has 28 heavy (non-hydrogen) atoms. The third-order valence-corrected chi connectivity index (χ3v) is 4.33. The number of nitrogens with one attached hydrogen (secondary N) is 1. The molecule has 2 rings (SSSR count). The molecular formula is C19H26FN5O2S. The molecule has 7 nitrogen and oxygen atoms in total. The first-order valence-electron chi connectivity index (χ1n) is 9.11. The predicted molar refractivity (Wildman–Crippen MR) is 113 cm³/mol. The lowest BCUT2D eigenvalue weighted by atomic mass is 10.0. The van der Waals surface area contributed by atoms with E-state index in [0.717, 1.165) is 12.0 Å². The van der Waals surface area contributed by atoms with E-state index in [-0.39, 0.29) is 22.8 Å². The van der Waals surface area contributed by atoms with Gasteiger partial charge in [0, 0.05) is 24.7 Å². The fourth-order valence-electron chi connectivity index (χ4n) is 2.71. The van der Waals surface area contributed by atoms with Gasteiger partial charge in [-0.1, -0.05) is 11.6 Å². The molecule has 0 bridgehead atoms. The number of nitrogens with two attached hydrogens (primary N) is 2. The predicted octanol–water partition coefficient (Wildman–Crippen LogP) is 2.40.